The predicted octanol–water partition coefficient (Wildman–Crippen LogP) is 1.93. The Balaban J connectivity index is 1.91. The number of aryl methyl sites for hydroxylation is 1. The van der Waals surface area contributed by atoms with Crippen molar-refractivity contribution in [1.82, 2.24) is 0 Å². The topological polar surface area (TPSA) is 64.7 Å². The molecule has 3 rings (SSSR count). The maximum atomic E-state index is 10.9. The summed E-state index contributed by atoms with van der Waals surface area (Å²) in [6.45, 7) is 2.45. The Morgan fingerprint density at radius 1 is 1.50 bits per heavy atom. The molecular weight excluding hydrogens is 254 g/mol. The van der Waals surface area contributed by atoms with Gasteiger partial charge in [0.05, 0.1) is 25.4 Å². The lowest BCUT2D eigenvalue weighted by atomic mass is 9.68. The van der Waals surface area contributed by atoms with E-state index in [-0.39, 0.29) is 17.6 Å². The minimum Gasteiger partial charge on any atom is -0.496 e. The van der Waals surface area contributed by atoms with Crippen LogP contribution in [0, 0.1) is 12.3 Å². The highest BCUT2D eigenvalue weighted by Gasteiger charge is 2.55. The Morgan fingerprint density at radius 2 is 2.30 bits per heavy atom. The molecule has 1 aromatic rings. The number of ether oxygens (including phenoxy) is 2. The summed E-state index contributed by atoms with van der Waals surface area (Å²) in [5.74, 6) is 0.840. The third kappa shape index (κ3) is 1.94. The van der Waals surface area contributed by atoms with Crippen LogP contribution in [0.3, 0.4) is 0 Å². The zero-order chi connectivity index (χ0) is 14.3. The summed E-state index contributed by atoms with van der Waals surface area (Å²) >= 11 is 0. The SMILES string of the molecule is COc1ccc(C(O)C2(CN)CC3CCC2O3)cc1C. The van der Waals surface area contributed by atoms with Crippen LogP contribution >= 0.6 is 0 Å². The molecule has 2 fully saturated rings. The van der Waals surface area contributed by atoms with Crippen molar-refractivity contribution < 1.29 is 14.6 Å². The van der Waals surface area contributed by atoms with Gasteiger partial charge in [-0.25, -0.2) is 0 Å². The van der Waals surface area contributed by atoms with Crippen LogP contribution in [0.5, 0.6) is 5.75 Å². The molecule has 0 saturated carbocycles. The van der Waals surface area contributed by atoms with E-state index in [9.17, 15) is 5.11 Å². The molecule has 2 bridgehead atoms. The standard InChI is InChI=1S/C16H23NO3/c1-10-7-11(3-5-13(10)19-2)15(18)16(9-17)8-12-4-6-14(16)20-12/h3,5,7,12,14-15,18H,4,6,8-9,17H2,1-2H3. The number of nitrogens with two attached hydrogens (primary N) is 1. The third-order valence-corrected chi connectivity index (χ3v) is 5.02. The molecule has 0 spiro atoms. The normalized spacial score (nSPS) is 33.4. The van der Waals surface area contributed by atoms with Gasteiger partial charge >= 0.3 is 0 Å². The highest BCUT2D eigenvalue weighted by atomic mass is 16.5. The zero-order valence-electron chi connectivity index (χ0n) is 12.1. The molecule has 4 atom stereocenters. The summed E-state index contributed by atoms with van der Waals surface area (Å²) in [5, 5.41) is 10.9. The number of aliphatic hydroxyl groups is 1. The number of rotatable bonds is 4. The van der Waals surface area contributed by atoms with Crippen LogP contribution in [-0.4, -0.2) is 31.0 Å². The highest BCUT2D eigenvalue weighted by molar-refractivity contribution is 5.38. The molecule has 4 heteroatoms. The van der Waals surface area contributed by atoms with E-state index in [0.717, 1.165) is 36.1 Å². The van der Waals surface area contributed by atoms with Gasteiger partial charge in [0.25, 0.3) is 0 Å². The molecule has 4 nitrogen and oxygen atoms in total. The van der Waals surface area contributed by atoms with Crippen molar-refractivity contribution in [1.29, 1.82) is 0 Å². The van der Waals surface area contributed by atoms with Crippen molar-refractivity contribution in [3.05, 3.63) is 29.3 Å². The predicted molar refractivity (Wildman–Crippen MR) is 76.7 cm³/mol. The van der Waals surface area contributed by atoms with Crippen LogP contribution < -0.4 is 10.5 Å². The van der Waals surface area contributed by atoms with E-state index in [1.165, 1.54) is 0 Å². The fraction of sp³-hybridized carbons (Fsp3) is 0.625. The molecule has 0 aromatic heterocycles. The molecule has 2 heterocycles. The number of fused-ring (bicyclic) bond motifs is 2. The summed E-state index contributed by atoms with van der Waals surface area (Å²) in [6, 6.07) is 5.83. The van der Waals surface area contributed by atoms with Crippen LogP contribution in [0.2, 0.25) is 0 Å². The van der Waals surface area contributed by atoms with Gasteiger partial charge in [0, 0.05) is 12.0 Å². The van der Waals surface area contributed by atoms with Gasteiger partial charge in [-0.1, -0.05) is 6.07 Å². The summed E-state index contributed by atoms with van der Waals surface area (Å²) in [6.07, 6.45) is 2.76. The fourth-order valence-corrected chi connectivity index (χ4v) is 3.85. The van der Waals surface area contributed by atoms with E-state index >= 15 is 0 Å². The quantitative estimate of drug-likeness (QED) is 0.882. The van der Waals surface area contributed by atoms with Crippen molar-refractivity contribution in [3.8, 4) is 5.75 Å². The molecule has 110 valence electrons. The molecule has 2 aliphatic rings. The molecule has 3 N–H and O–H groups in total. The molecule has 0 radical (unpaired) electrons. The molecule has 1 aromatic carbocycles. The van der Waals surface area contributed by atoms with E-state index in [1.54, 1.807) is 7.11 Å². The van der Waals surface area contributed by atoms with Crippen molar-refractivity contribution in [2.24, 2.45) is 11.1 Å². The minimum absolute atomic E-state index is 0.0925. The second kappa shape index (κ2) is 5.02. The first-order chi connectivity index (χ1) is 9.60. The molecule has 0 aliphatic carbocycles. The van der Waals surface area contributed by atoms with Crippen molar-refractivity contribution in [2.75, 3.05) is 13.7 Å². The summed E-state index contributed by atoms with van der Waals surface area (Å²) < 4.78 is 11.2. The Kier molecular flexibility index (Phi) is 3.48. The van der Waals surface area contributed by atoms with Gasteiger partial charge in [-0.15, -0.1) is 0 Å². The van der Waals surface area contributed by atoms with Gasteiger partial charge in [-0.2, -0.15) is 0 Å². The molecular formula is C16H23NO3. The lowest BCUT2D eigenvalue weighted by Gasteiger charge is -2.38. The van der Waals surface area contributed by atoms with E-state index in [4.69, 9.17) is 15.2 Å². The summed E-state index contributed by atoms with van der Waals surface area (Å²) in [4.78, 5) is 0. The maximum Gasteiger partial charge on any atom is 0.121 e. The van der Waals surface area contributed by atoms with Crippen molar-refractivity contribution in [2.45, 2.75) is 44.5 Å². The van der Waals surface area contributed by atoms with Gasteiger partial charge in [-0.05, 0) is 49.4 Å². The van der Waals surface area contributed by atoms with Gasteiger partial charge in [-0.3, -0.25) is 0 Å². The van der Waals surface area contributed by atoms with E-state index in [0.29, 0.717) is 6.54 Å². The molecule has 2 aliphatic heterocycles. The smallest absolute Gasteiger partial charge is 0.121 e. The number of methoxy groups -OCH3 is 1. The fourth-order valence-electron chi connectivity index (χ4n) is 3.85. The Bertz CT molecular complexity index is 504. The van der Waals surface area contributed by atoms with Crippen LogP contribution in [0.1, 0.15) is 36.5 Å². The molecule has 2 saturated heterocycles. The Morgan fingerprint density at radius 3 is 2.80 bits per heavy atom. The molecule has 4 unspecified atom stereocenters. The minimum atomic E-state index is -0.576. The van der Waals surface area contributed by atoms with Crippen molar-refractivity contribution >= 4 is 0 Å². The van der Waals surface area contributed by atoms with Crippen LogP contribution in [0.15, 0.2) is 18.2 Å². The Hall–Kier alpha value is -1.10. The number of hydrogen-bond donors (Lipinski definition) is 2. The van der Waals surface area contributed by atoms with E-state index < -0.39 is 6.10 Å². The maximum absolute atomic E-state index is 10.9. The summed E-state index contributed by atoms with van der Waals surface area (Å²) in [7, 11) is 1.66. The molecule has 0 amide bonds. The number of aliphatic hydroxyl groups excluding tert-OH is 1. The highest BCUT2D eigenvalue weighted by Crippen LogP contribution is 2.53. The monoisotopic (exact) mass is 277 g/mol. The van der Waals surface area contributed by atoms with Gasteiger partial charge in [0.2, 0.25) is 0 Å². The largest absolute Gasteiger partial charge is 0.496 e. The Labute approximate surface area is 119 Å². The third-order valence-electron chi connectivity index (χ3n) is 5.02. The second-order valence-corrected chi connectivity index (χ2v) is 6.10. The van der Waals surface area contributed by atoms with E-state index in [2.05, 4.69) is 0 Å². The first-order valence-electron chi connectivity index (χ1n) is 7.29. The van der Waals surface area contributed by atoms with Gasteiger partial charge in [0.15, 0.2) is 0 Å². The lowest BCUT2D eigenvalue weighted by molar-refractivity contribution is -0.0264. The first-order valence-corrected chi connectivity index (χ1v) is 7.29. The van der Waals surface area contributed by atoms with Crippen LogP contribution in [0.25, 0.3) is 0 Å². The number of benzene rings is 1. The van der Waals surface area contributed by atoms with E-state index in [1.807, 2.05) is 25.1 Å². The average molecular weight is 277 g/mol. The summed E-state index contributed by atoms with van der Waals surface area (Å²) in [5.41, 5.74) is 7.63. The zero-order valence-corrected chi connectivity index (χ0v) is 12.1. The average Bonchev–Trinajstić information content (AvgIpc) is 3.07. The van der Waals surface area contributed by atoms with Crippen molar-refractivity contribution in [3.63, 3.8) is 0 Å². The van der Waals surface area contributed by atoms with Gasteiger partial charge < -0.3 is 20.3 Å². The molecule has 20 heavy (non-hydrogen) atoms. The van der Waals surface area contributed by atoms with Gasteiger partial charge in [0.1, 0.15) is 5.75 Å². The van der Waals surface area contributed by atoms with Crippen LogP contribution in [0.4, 0.5) is 0 Å². The first kappa shape index (κ1) is 13.9. The second-order valence-electron chi connectivity index (χ2n) is 6.10. The lowest BCUT2D eigenvalue weighted by Crippen LogP contribution is -2.44. The number of hydrogen-bond acceptors (Lipinski definition) is 4. The van der Waals surface area contributed by atoms with Crippen LogP contribution in [-0.2, 0) is 4.74 Å².